The monoisotopic (exact) mass is 387 g/mol. The van der Waals surface area contributed by atoms with Crippen molar-refractivity contribution >= 4 is 29.3 Å². The molecule has 2 aromatic carbocycles. The highest BCUT2D eigenvalue weighted by molar-refractivity contribution is 6.31. The maximum atomic E-state index is 12.5. The molecular weight excluding hydrogens is 366 g/mol. The van der Waals surface area contributed by atoms with Gasteiger partial charge in [-0.25, -0.2) is 4.79 Å². The Hall–Kier alpha value is -2.66. The second-order valence-electron chi connectivity index (χ2n) is 6.51. The number of amides is 1. The van der Waals surface area contributed by atoms with Crippen molar-refractivity contribution in [3.05, 3.63) is 70.7 Å². The molecule has 6 heteroatoms. The molecule has 1 unspecified atom stereocenters. The first-order chi connectivity index (χ1) is 12.8. The number of hydrogen-bond acceptors (Lipinski definition) is 4. The van der Waals surface area contributed by atoms with Crippen LogP contribution in [0.2, 0.25) is 5.02 Å². The third-order valence-corrected chi connectivity index (χ3v) is 4.25. The minimum Gasteiger partial charge on any atom is -0.453 e. The van der Waals surface area contributed by atoms with Crippen LogP contribution in [0.15, 0.2) is 54.6 Å². The van der Waals surface area contributed by atoms with Crippen LogP contribution in [-0.2, 0) is 9.53 Å². The zero-order valence-electron chi connectivity index (χ0n) is 15.4. The topological polar surface area (TPSA) is 72.5 Å². The Morgan fingerprint density at radius 2 is 1.56 bits per heavy atom. The molecule has 0 saturated heterocycles. The van der Waals surface area contributed by atoms with Crippen LogP contribution in [0.3, 0.4) is 0 Å². The van der Waals surface area contributed by atoms with Crippen molar-refractivity contribution in [2.75, 3.05) is 0 Å². The Labute approximate surface area is 163 Å². The van der Waals surface area contributed by atoms with E-state index in [1.807, 2.05) is 0 Å². The van der Waals surface area contributed by atoms with Crippen LogP contribution in [0.1, 0.15) is 41.5 Å². The molecule has 2 aromatic rings. The minimum atomic E-state index is -0.995. The van der Waals surface area contributed by atoms with E-state index in [4.69, 9.17) is 16.3 Å². The van der Waals surface area contributed by atoms with E-state index in [0.717, 1.165) is 0 Å². The summed E-state index contributed by atoms with van der Waals surface area (Å²) in [6.07, 6.45) is -0.995. The fourth-order valence-electron chi connectivity index (χ4n) is 2.49. The van der Waals surface area contributed by atoms with Gasteiger partial charge >= 0.3 is 5.97 Å². The average molecular weight is 388 g/mol. The van der Waals surface area contributed by atoms with Gasteiger partial charge in [-0.2, -0.15) is 0 Å². The molecule has 27 heavy (non-hydrogen) atoms. The molecule has 0 fully saturated rings. The number of ether oxygens (including phenoxy) is 1. The fraction of sp³-hybridized carbons (Fsp3) is 0.286. The number of ketones is 1. The van der Waals surface area contributed by atoms with Gasteiger partial charge in [0.25, 0.3) is 5.91 Å². The highest BCUT2D eigenvalue weighted by atomic mass is 35.5. The Kier molecular flexibility index (Phi) is 7.13. The van der Waals surface area contributed by atoms with Crippen molar-refractivity contribution in [3.63, 3.8) is 0 Å². The number of carbonyl (C=O) groups excluding carboxylic acids is 3. The van der Waals surface area contributed by atoms with Crippen LogP contribution in [0, 0.1) is 5.92 Å². The molecule has 0 saturated carbocycles. The van der Waals surface area contributed by atoms with E-state index in [9.17, 15) is 14.4 Å². The number of nitrogens with one attached hydrogen (secondary N) is 1. The summed E-state index contributed by atoms with van der Waals surface area (Å²) in [5.41, 5.74) is 0.802. The van der Waals surface area contributed by atoms with Gasteiger partial charge in [-0.05, 0) is 37.1 Å². The van der Waals surface area contributed by atoms with Crippen molar-refractivity contribution in [3.8, 4) is 0 Å². The molecule has 1 amide bonds. The van der Waals surface area contributed by atoms with Crippen molar-refractivity contribution in [2.24, 2.45) is 5.92 Å². The molecular formula is C21H22ClNO4. The number of halogens is 1. The Morgan fingerprint density at radius 3 is 2.15 bits per heavy atom. The summed E-state index contributed by atoms with van der Waals surface area (Å²) >= 11 is 5.90. The number of Topliss-reactive ketones (excluding diaryl/α,β-unsaturated/α-hetero) is 1. The number of carbonyl (C=O) groups is 3. The third kappa shape index (κ3) is 5.66. The lowest BCUT2D eigenvalue weighted by molar-refractivity contribution is -0.149. The summed E-state index contributed by atoms with van der Waals surface area (Å²) in [6, 6.07) is 14.2. The van der Waals surface area contributed by atoms with Crippen molar-refractivity contribution in [2.45, 2.75) is 32.9 Å². The largest absolute Gasteiger partial charge is 0.453 e. The van der Waals surface area contributed by atoms with Gasteiger partial charge in [0.2, 0.25) is 5.78 Å². The number of rotatable bonds is 7. The molecule has 0 aliphatic carbocycles. The highest BCUT2D eigenvalue weighted by Gasteiger charge is 2.29. The molecule has 0 spiro atoms. The summed E-state index contributed by atoms with van der Waals surface area (Å²) in [5, 5.41) is 3.11. The fourth-order valence-corrected chi connectivity index (χ4v) is 2.68. The molecule has 2 atom stereocenters. The number of esters is 1. The highest BCUT2D eigenvalue weighted by Crippen LogP contribution is 2.15. The van der Waals surface area contributed by atoms with Crippen LogP contribution >= 0.6 is 11.6 Å². The van der Waals surface area contributed by atoms with E-state index < -0.39 is 18.1 Å². The Balaban J connectivity index is 2.06. The van der Waals surface area contributed by atoms with Crippen LogP contribution in [0.25, 0.3) is 0 Å². The lowest BCUT2D eigenvalue weighted by Crippen LogP contribution is -2.46. The van der Waals surface area contributed by atoms with Crippen LogP contribution < -0.4 is 5.32 Å². The van der Waals surface area contributed by atoms with Crippen LogP contribution in [0.4, 0.5) is 0 Å². The van der Waals surface area contributed by atoms with E-state index in [-0.39, 0.29) is 17.6 Å². The molecule has 0 bridgehead atoms. The minimum absolute atomic E-state index is 0.210. The standard InChI is InChI=1S/C21H22ClNO4/c1-13(2)18(23-20(25)15-8-5-4-6-9-15)21(26)27-14(3)19(24)16-10-7-11-17(22)12-16/h4-14,18H,1-3H3,(H,23,25)/t14?,18-/m0/s1. The van der Waals surface area contributed by atoms with Crippen molar-refractivity contribution < 1.29 is 19.1 Å². The lowest BCUT2D eigenvalue weighted by Gasteiger charge is -2.23. The second kappa shape index (κ2) is 9.33. The SMILES string of the molecule is CC(OC(=O)[C@@H](NC(=O)c1ccccc1)C(C)C)C(=O)c1cccc(Cl)c1. The molecule has 5 nitrogen and oxygen atoms in total. The van der Waals surface area contributed by atoms with E-state index in [0.29, 0.717) is 16.1 Å². The van der Waals surface area contributed by atoms with Crippen molar-refractivity contribution in [1.82, 2.24) is 5.32 Å². The van der Waals surface area contributed by atoms with Crippen molar-refractivity contribution in [1.29, 1.82) is 0 Å². The normalized spacial score (nSPS) is 12.9. The van der Waals surface area contributed by atoms with E-state index >= 15 is 0 Å². The van der Waals surface area contributed by atoms with E-state index in [1.165, 1.54) is 13.0 Å². The van der Waals surface area contributed by atoms with Crippen LogP contribution in [0.5, 0.6) is 0 Å². The van der Waals surface area contributed by atoms with Gasteiger partial charge in [-0.1, -0.05) is 55.8 Å². The molecule has 2 rings (SSSR count). The zero-order valence-corrected chi connectivity index (χ0v) is 16.2. The molecule has 0 aromatic heterocycles. The quantitative estimate of drug-likeness (QED) is 0.577. The second-order valence-corrected chi connectivity index (χ2v) is 6.95. The van der Waals surface area contributed by atoms with Gasteiger partial charge < -0.3 is 10.1 Å². The summed E-state index contributed by atoms with van der Waals surface area (Å²) in [4.78, 5) is 37.3. The Morgan fingerprint density at radius 1 is 0.926 bits per heavy atom. The summed E-state index contributed by atoms with van der Waals surface area (Å²) < 4.78 is 5.32. The van der Waals surface area contributed by atoms with Gasteiger partial charge in [0.05, 0.1) is 0 Å². The molecule has 0 aliphatic rings. The first-order valence-electron chi connectivity index (χ1n) is 8.65. The number of benzene rings is 2. The average Bonchev–Trinajstić information content (AvgIpc) is 2.65. The predicted molar refractivity (Wildman–Crippen MR) is 104 cm³/mol. The number of hydrogen-bond donors (Lipinski definition) is 1. The summed E-state index contributed by atoms with van der Waals surface area (Å²) in [6.45, 7) is 5.08. The van der Waals surface area contributed by atoms with Gasteiger partial charge in [0.15, 0.2) is 6.10 Å². The van der Waals surface area contributed by atoms with E-state index in [2.05, 4.69) is 5.32 Å². The van der Waals surface area contributed by atoms with E-state index in [1.54, 1.807) is 62.4 Å². The molecule has 0 heterocycles. The predicted octanol–water partition coefficient (Wildman–Crippen LogP) is 3.91. The lowest BCUT2D eigenvalue weighted by atomic mass is 10.0. The summed E-state index contributed by atoms with van der Waals surface area (Å²) in [5.74, 6) is -1.60. The molecule has 1 N–H and O–H groups in total. The summed E-state index contributed by atoms with van der Waals surface area (Å²) in [7, 11) is 0. The Bertz CT molecular complexity index is 820. The maximum Gasteiger partial charge on any atom is 0.329 e. The molecule has 0 aliphatic heterocycles. The smallest absolute Gasteiger partial charge is 0.329 e. The van der Waals surface area contributed by atoms with Crippen LogP contribution in [-0.4, -0.2) is 29.8 Å². The van der Waals surface area contributed by atoms with Gasteiger partial charge in [-0.3, -0.25) is 9.59 Å². The van der Waals surface area contributed by atoms with Gasteiger partial charge in [0, 0.05) is 16.1 Å². The first kappa shape index (κ1) is 20.6. The zero-order chi connectivity index (χ0) is 20.0. The molecule has 142 valence electrons. The first-order valence-corrected chi connectivity index (χ1v) is 9.03. The maximum absolute atomic E-state index is 12.5. The molecule has 0 radical (unpaired) electrons. The van der Waals surface area contributed by atoms with Gasteiger partial charge in [-0.15, -0.1) is 0 Å². The third-order valence-electron chi connectivity index (χ3n) is 4.01. The van der Waals surface area contributed by atoms with Gasteiger partial charge in [0.1, 0.15) is 6.04 Å².